The summed E-state index contributed by atoms with van der Waals surface area (Å²) in [5.74, 6) is 0. The fourth-order valence-corrected chi connectivity index (χ4v) is 2.53. The molecular formula is C12H11ClOS. The quantitative estimate of drug-likeness (QED) is 0.844. The third-order valence-electron chi connectivity index (χ3n) is 2.20. The van der Waals surface area contributed by atoms with E-state index in [1.807, 2.05) is 31.2 Å². The Labute approximate surface area is 98.0 Å². The molecule has 0 fully saturated rings. The summed E-state index contributed by atoms with van der Waals surface area (Å²) < 4.78 is 0. The maximum Gasteiger partial charge on any atom is 0.113 e. The van der Waals surface area contributed by atoms with E-state index in [-0.39, 0.29) is 0 Å². The van der Waals surface area contributed by atoms with Crippen molar-refractivity contribution >= 4 is 22.9 Å². The SMILES string of the molecule is Cc1ccc([C@H](O)c2cccc(Cl)c2)s1. The van der Waals surface area contributed by atoms with Crippen LogP contribution in [0, 0.1) is 6.92 Å². The van der Waals surface area contributed by atoms with Crippen molar-refractivity contribution in [1.82, 2.24) is 0 Å². The number of benzene rings is 1. The largest absolute Gasteiger partial charge is 0.383 e. The summed E-state index contributed by atoms with van der Waals surface area (Å²) in [4.78, 5) is 2.15. The highest BCUT2D eigenvalue weighted by Crippen LogP contribution is 2.29. The first-order chi connectivity index (χ1) is 7.16. The van der Waals surface area contributed by atoms with Crippen LogP contribution < -0.4 is 0 Å². The number of aryl methyl sites for hydroxylation is 1. The van der Waals surface area contributed by atoms with Gasteiger partial charge in [-0.25, -0.2) is 0 Å². The van der Waals surface area contributed by atoms with Crippen molar-refractivity contribution in [3.8, 4) is 0 Å². The minimum Gasteiger partial charge on any atom is -0.383 e. The van der Waals surface area contributed by atoms with Crippen LogP contribution in [0.5, 0.6) is 0 Å². The lowest BCUT2D eigenvalue weighted by Gasteiger charge is -2.08. The molecule has 1 atom stereocenters. The zero-order valence-corrected chi connectivity index (χ0v) is 9.85. The minimum atomic E-state index is -0.567. The summed E-state index contributed by atoms with van der Waals surface area (Å²) in [6.45, 7) is 2.03. The van der Waals surface area contributed by atoms with Gasteiger partial charge in [-0.3, -0.25) is 0 Å². The number of hydrogen-bond acceptors (Lipinski definition) is 2. The van der Waals surface area contributed by atoms with Crippen molar-refractivity contribution in [3.05, 3.63) is 56.7 Å². The van der Waals surface area contributed by atoms with Crippen LogP contribution >= 0.6 is 22.9 Å². The Hall–Kier alpha value is -0.830. The van der Waals surface area contributed by atoms with Crippen molar-refractivity contribution in [2.75, 3.05) is 0 Å². The molecule has 1 heterocycles. The maximum atomic E-state index is 10.1. The molecule has 1 aromatic heterocycles. The topological polar surface area (TPSA) is 20.2 Å². The monoisotopic (exact) mass is 238 g/mol. The molecule has 0 saturated heterocycles. The Morgan fingerprint density at radius 3 is 2.67 bits per heavy atom. The summed E-state index contributed by atoms with van der Waals surface area (Å²) in [7, 11) is 0. The minimum absolute atomic E-state index is 0.567. The van der Waals surface area contributed by atoms with Crippen molar-refractivity contribution in [2.24, 2.45) is 0 Å². The van der Waals surface area contributed by atoms with E-state index < -0.39 is 6.10 Å². The molecule has 0 spiro atoms. The number of thiophene rings is 1. The Morgan fingerprint density at radius 2 is 2.07 bits per heavy atom. The van der Waals surface area contributed by atoms with Gasteiger partial charge in [0.05, 0.1) is 0 Å². The van der Waals surface area contributed by atoms with Crippen molar-refractivity contribution in [3.63, 3.8) is 0 Å². The lowest BCUT2D eigenvalue weighted by molar-refractivity contribution is 0.224. The molecule has 2 rings (SSSR count). The summed E-state index contributed by atoms with van der Waals surface area (Å²) in [6.07, 6.45) is -0.567. The highest BCUT2D eigenvalue weighted by molar-refractivity contribution is 7.12. The lowest BCUT2D eigenvalue weighted by Crippen LogP contribution is -1.96. The molecule has 3 heteroatoms. The standard InChI is InChI=1S/C12H11ClOS/c1-8-5-6-11(15-8)12(14)9-3-2-4-10(13)7-9/h2-7,12,14H,1H3/t12-/m1/s1. The molecule has 0 aliphatic carbocycles. The van der Waals surface area contributed by atoms with Crippen LogP contribution in [0.2, 0.25) is 5.02 Å². The van der Waals surface area contributed by atoms with E-state index in [0.717, 1.165) is 10.4 Å². The predicted octanol–water partition coefficient (Wildman–Crippen LogP) is 3.79. The molecule has 0 radical (unpaired) electrons. The van der Waals surface area contributed by atoms with E-state index in [9.17, 15) is 5.11 Å². The van der Waals surface area contributed by atoms with Crippen LogP contribution in [0.4, 0.5) is 0 Å². The second kappa shape index (κ2) is 4.35. The van der Waals surface area contributed by atoms with E-state index in [4.69, 9.17) is 11.6 Å². The molecule has 0 bridgehead atoms. The molecule has 0 saturated carbocycles. The van der Waals surface area contributed by atoms with Gasteiger partial charge in [0, 0.05) is 14.8 Å². The second-order valence-electron chi connectivity index (χ2n) is 3.41. The van der Waals surface area contributed by atoms with Gasteiger partial charge in [-0.05, 0) is 36.8 Å². The summed E-state index contributed by atoms with van der Waals surface area (Å²) in [5, 5.41) is 10.7. The average molecular weight is 239 g/mol. The molecule has 1 nitrogen and oxygen atoms in total. The van der Waals surface area contributed by atoms with E-state index in [1.54, 1.807) is 23.5 Å². The van der Waals surface area contributed by atoms with Gasteiger partial charge in [0.25, 0.3) is 0 Å². The van der Waals surface area contributed by atoms with Crippen LogP contribution in [0.1, 0.15) is 21.4 Å². The zero-order valence-electron chi connectivity index (χ0n) is 8.27. The molecule has 0 aliphatic rings. The summed E-state index contributed by atoms with van der Waals surface area (Å²) in [6, 6.07) is 11.3. The van der Waals surface area contributed by atoms with E-state index in [2.05, 4.69) is 0 Å². The molecule has 78 valence electrons. The second-order valence-corrected chi connectivity index (χ2v) is 5.16. The van der Waals surface area contributed by atoms with Crippen LogP contribution in [0.25, 0.3) is 0 Å². The van der Waals surface area contributed by atoms with Gasteiger partial charge in [-0.15, -0.1) is 11.3 Å². The summed E-state index contributed by atoms with van der Waals surface area (Å²) >= 11 is 7.48. The van der Waals surface area contributed by atoms with Crippen molar-refractivity contribution in [1.29, 1.82) is 0 Å². The van der Waals surface area contributed by atoms with Gasteiger partial charge in [-0.2, -0.15) is 0 Å². The van der Waals surface area contributed by atoms with Gasteiger partial charge in [0.2, 0.25) is 0 Å². The molecular weight excluding hydrogens is 228 g/mol. The van der Waals surface area contributed by atoms with E-state index in [0.29, 0.717) is 5.02 Å². The van der Waals surface area contributed by atoms with E-state index >= 15 is 0 Å². The first-order valence-electron chi connectivity index (χ1n) is 4.66. The Bertz CT molecular complexity index is 464. The number of rotatable bonds is 2. The van der Waals surface area contributed by atoms with Gasteiger partial charge in [0.15, 0.2) is 0 Å². The fourth-order valence-electron chi connectivity index (χ4n) is 1.44. The van der Waals surface area contributed by atoms with Crippen molar-refractivity contribution in [2.45, 2.75) is 13.0 Å². The smallest absolute Gasteiger partial charge is 0.113 e. The van der Waals surface area contributed by atoms with Gasteiger partial charge in [-0.1, -0.05) is 23.7 Å². The molecule has 0 aliphatic heterocycles. The molecule has 0 unspecified atom stereocenters. The first-order valence-corrected chi connectivity index (χ1v) is 5.86. The molecule has 15 heavy (non-hydrogen) atoms. The van der Waals surface area contributed by atoms with Crippen LogP contribution in [0.3, 0.4) is 0 Å². The number of aliphatic hydroxyl groups excluding tert-OH is 1. The van der Waals surface area contributed by atoms with Crippen LogP contribution in [0.15, 0.2) is 36.4 Å². The van der Waals surface area contributed by atoms with Gasteiger partial charge >= 0.3 is 0 Å². The Morgan fingerprint density at radius 1 is 1.27 bits per heavy atom. The molecule has 1 N–H and O–H groups in total. The number of aliphatic hydroxyl groups is 1. The molecule has 2 aromatic rings. The normalized spacial score (nSPS) is 12.7. The van der Waals surface area contributed by atoms with Crippen LogP contribution in [-0.4, -0.2) is 5.11 Å². The van der Waals surface area contributed by atoms with Gasteiger partial charge in [0.1, 0.15) is 6.10 Å². The third-order valence-corrected chi connectivity index (χ3v) is 3.48. The van der Waals surface area contributed by atoms with E-state index in [1.165, 1.54) is 4.88 Å². The van der Waals surface area contributed by atoms with Crippen molar-refractivity contribution < 1.29 is 5.11 Å². The first kappa shape index (κ1) is 10.7. The third kappa shape index (κ3) is 2.40. The molecule has 1 aromatic carbocycles. The van der Waals surface area contributed by atoms with Gasteiger partial charge < -0.3 is 5.11 Å². The molecule has 0 amide bonds. The summed E-state index contributed by atoms with van der Waals surface area (Å²) in [5.41, 5.74) is 0.837. The Balaban J connectivity index is 2.32. The number of hydrogen-bond donors (Lipinski definition) is 1. The zero-order chi connectivity index (χ0) is 10.8. The highest BCUT2D eigenvalue weighted by Gasteiger charge is 2.12. The van der Waals surface area contributed by atoms with Crippen LogP contribution in [-0.2, 0) is 0 Å². The predicted molar refractivity (Wildman–Crippen MR) is 64.6 cm³/mol. The lowest BCUT2D eigenvalue weighted by atomic mass is 10.1. The fraction of sp³-hybridized carbons (Fsp3) is 0.167. The maximum absolute atomic E-state index is 10.1. The highest BCUT2D eigenvalue weighted by atomic mass is 35.5. The Kier molecular flexibility index (Phi) is 3.10. The number of halogens is 1. The average Bonchev–Trinajstić information content (AvgIpc) is 2.64.